The van der Waals surface area contributed by atoms with Gasteiger partial charge >= 0.3 is 0 Å². The van der Waals surface area contributed by atoms with Crippen LogP contribution in [0.3, 0.4) is 0 Å². The Kier molecular flexibility index (Phi) is 4.75. The number of nitrogens with one attached hydrogen (secondary N) is 2. The van der Waals surface area contributed by atoms with Crippen LogP contribution in [0.25, 0.3) is 0 Å². The summed E-state index contributed by atoms with van der Waals surface area (Å²) in [5.41, 5.74) is 3.09. The predicted molar refractivity (Wildman–Crippen MR) is 89.8 cm³/mol. The zero-order chi connectivity index (χ0) is 16.2. The van der Waals surface area contributed by atoms with Crippen molar-refractivity contribution in [3.05, 3.63) is 53.6 Å². The van der Waals surface area contributed by atoms with Gasteiger partial charge < -0.3 is 10.3 Å². The quantitative estimate of drug-likeness (QED) is 0.909. The van der Waals surface area contributed by atoms with E-state index in [0.717, 1.165) is 25.2 Å². The van der Waals surface area contributed by atoms with Gasteiger partial charge in [-0.25, -0.2) is 4.98 Å². The molecule has 1 unspecified atom stereocenters. The molecule has 1 aliphatic heterocycles. The molecule has 2 N–H and O–H groups in total. The van der Waals surface area contributed by atoms with Gasteiger partial charge in [-0.05, 0) is 38.0 Å². The highest BCUT2D eigenvalue weighted by atomic mass is 15.3. The number of nitrogens with zero attached hydrogens (tertiary/aromatic N) is 3. The molecule has 5 heteroatoms. The SMILES string of the molecule is C[C@@H]1CN[C@@H](C)CN1C(Cc1ccc(C#N)cc1)c1cnc[nH]1. The van der Waals surface area contributed by atoms with E-state index in [0.29, 0.717) is 17.6 Å². The van der Waals surface area contributed by atoms with Crippen LogP contribution in [0, 0.1) is 11.3 Å². The molecule has 2 heterocycles. The number of nitriles is 1. The minimum atomic E-state index is 0.269. The van der Waals surface area contributed by atoms with Crippen LogP contribution in [0.4, 0.5) is 0 Å². The zero-order valence-electron chi connectivity index (χ0n) is 13.7. The first-order chi connectivity index (χ1) is 11.2. The van der Waals surface area contributed by atoms with E-state index in [9.17, 15) is 0 Å². The molecule has 0 amide bonds. The van der Waals surface area contributed by atoms with Crippen LogP contribution < -0.4 is 5.32 Å². The molecule has 0 aliphatic carbocycles. The first kappa shape index (κ1) is 15.7. The largest absolute Gasteiger partial charge is 0.347 e. The summed E-state index contributed by atoms with van der Waals surface area (Å²) in [7, 11) is 0. The van der Waals surface area contributed by atoms with Crippen LogP contribution >= 0.6 is 0 Å². The van der Waals surface area contributed by atoms with Crippen LogP contribution in [-0.2, 0) is 6.42 Å². The Hall–Kier alpha value is -2.16. The van der Waals surface area contributed by atoms with Gasteiger partial charge in [0.1, 0.15) is 0 Å². The highest BCUT2D eigenvalue weighted by Gasteiger charge is 2.30. The summed E-state index contributed by atoms with van der Waals surface area (Å²) in [6.07, 6.45) is 4.58. The number of aromatic nitrogens is 2. The topological polar surface area (TPSA) is 67.7 Å². The predicted octanol–water partition coefficient (Wildman–Crippen LogP) is 2.25. The van der Waals surface area contributed by atoms with Crippen LogP contribution in [-0.4, -0.2) is 40.0 Å². The fourth-order valence-electron chi connectivity index (χ4n) is 3.28. The Morgan fingerprint density at radius 3 is 2.78 bits per heavy atom. The van der Waals surface area contributed by atoms with E-state index in [1.54, 1.807) is 6.33 Å². The Balaban J connectivity index is 1.85. The molecular formula is C18H23N5. The Labute approximate surface area is 137 Å². The average Bonchev–Trinajstić information content (AvgIpc) is 3.10. The highest BCUT2D eigenvalue weighted by molar-refractivity contribution is 5.32. The number of rotatable bonds is 4. The maximum absolute atomic E-state index is 8.95. The molecule has 1 aromatic carbocycles. The number of benzene rings is 1. The number of piperazine rings is 1. The fraction of sp³-hybridized carbons (Fsp3) is 0.444. The molecule has 1 saturated heterocycles. The molecule has 2 aromatic rings. The molecule has 1 aliphatic rings. The van der Waals surface area contributed by atoms with Gasteiger partial charge in [-0.2, -0.15) is 5.26 Å². The summed E-state index contributed by atoms with van der Waals surface area (Å²) in [4.78, 5) is 10.0. The lowest BCUT2D eigenvalue weighted by Gasteiger charge is -2.42. The third-order valence-corrected chi connectivity index (χ3v) is 4.60. The van der Waals surface area contributed by atoms with Crippen molar-refractivity contribution in [1.29, 1.82) is 5.26 Å². The van der Waals surface area contributed by atoms with E-state index >= 15 is 0 Å². The zero-order valence-corrected chi connectivity index (χ0v) is 13.7. The van der Waals surface area contributed by atoms with Crippen LogP contribution in [0.1, 0.15) is 36.7 Å². The standard InChI is InChI=1S/C18H23N5/c1-13-11-23(14(2)9-21-13)18(17-10-20-12-22-17)7-15-3-5-16(8-19)6-4-15/h3-6,10,12-14,18,21H,7,9,11H2,1-2H3,(H,20,22)/t13-,14+,18?/m0/s1. The number of imidazole rings is 1. The summed E-state index contributed by atoms with van der Waals surface area (Å²) in [5.74, 6) is 0. The minimum Gasteiger partial charge on any atom is -0.347 e. The monoisotopic (exact) mass is 309 g/mol. The number of hydrogen-bond acceptors (Lipinski definition) is 4. The van der Waals surface area contributed by atoms with E-state index in [1.807, 2.05) is 18.3 Å². The van der Waals surface area contributed by atoms with Crippen molar-refractivity contribution in [2.24, 2.45) is 0 Å². The molecule has 1 fully saturated rings. The highest BCUT2D eigenvalue weighted by Crippen LogP contribution is 2.27. The number of H-pyrrole nitrogens is 1. The Morgan fingerprint density at radius 1 is 1.35 bits per heavy atom. The second kappa shape index (κ2) is 6.95. The molecule has 0 bridgehead atoms. The number of aromatic amines is 1. The first-order valence-corrected chi connectivity index (χ1v) is 8.14. The lowest BCUT2D eigenvalue weighted by molar-refractivity contribution is 0.0923. The van der Waals surface area contributed by atoms with Crippen molar-refractivity contribution in [2.75, 3.05) is 13.1 Å². The van der Waals surface area contributed by atoms with E-state index in [-0.39, 0.29) is 6.04 Å². The van der Waals surface area contributed by atoms with Crippen molar-refractivity contribution in [1.82, 2.24) is 20.2 Å². The molecule has 5 nitrogen and oxygen atoms in total. The number of hydrogen-bond donors (Lipinski definition) is 2. The summed E-state index contributed by atoms with van der Waals surface area (Å²) in [6, 6.07) is 11.3. The maximum atomic E-state index is 8.95. The Morgan fingerprint density at radius 2 is 2.13 bits per heavy atom. The molecule has 120 valence electrons. The van der Waals surface area contributed by atoms with E-state index in [1.165, 1.54) is 5.56 Å². The van der Waals surface area contributed by atoms with Gasteiger partial charge in [-0.3, -0.25) is 4.90 Å². The third-order valence-electron chi connectivity index (χ3n) is 4.60. The van der Waals surface area contributed by atoms with Crippen LogP contribution in [0.5, 0.6) is 0 Å². The molecule has 23 heavy (non-hydrogen) atoms. The van der Waals surface area contributed by atoms with E-state index in [2.05, 4.69) is 52.2 Å². The Bertz CT molecular complexity index is 656. The van der Waals surface area contributed by atoms with E-state index < -0.39 is 0 Å². The van der Waals surface area contributed by atoms with Gasteiger partial charge in [0, 0.05) is 31.4 Å². The van der Waals surface area contributed by atoms with Gasteiger partial charge in [0.25, 0.3) is 0 Å². The minimum absolute atomic E-state index is 0.269. The molecular weight excluding hydrogens is 286 g/mol. The summed E-state index contributed by atoms with van der Waals surface area (Å²) in [5, 5.41) is 12.5. The smallest absolute Gasteiger partial charge is 0.0991 e. The van der Waals surface area contributed by atoms with Gasteiger partial charge in [-0.1, -0.05) is 12.1 Å². The molecule has 0 radical (unpaired) electrons. The van der Waals surface area contributed by atoms with Crippen molar-refractivity contribution in [2.45, 2.75) is 38.4 Å². The maximum Gasteiger partial charge on any atom is 0.0991 e. The van der Waals surface area contributed by atoms with Crippen molar-refractivity contribution in [3.8, 4) is 6.07 Å². The van der Waals surface area contributed by atoms with Gasteiger partial charge in [-0.15, -0.1) is 0 Å². The third kappa shape index (κ3) is 3.61. The van der Waals surface area contributed by atoms with Crippen LogP contribution in [0.15, 0.2) is 36.8 Å². The van der Waals surface area contributed by atoms with Crippen molar-refractivity contribution in [3.63, 3.8) is 0 Å². The lowest BCUT2D eigenvalue weighted by atomic mass is 9.98. The normalized spacial score (nSPS) is 23.3. The van der Waals surface area contributed by atoms with E-state index in [4.69, 9.17) is 5.26 Å². The first-order valence-electron chi connectivity index (χ1n) is 8.14. The fourth-order valence-corrected chi connectivity index (χ4v) is 3.28. The summed E-state index contributed by atoms with van der Waals surface area (Å²) in [6.45, 7) is 6.51. The van der Waals surface area contributed by atoms with Gasteiger partial charge in [0.15, 0.2) is 0 Å². The molecule has 0 spiro atoms. The van der Waals surface area contributed by atoms with Gasteiger partial charge in [0.2, 0.25) is 0 Å². The lowest BCUT2D eigenvalue weighted by Crippen LogP contribution is -2.55. The second-order valence-corrected chi connectivity index (χ2v) is 6.39. The molecule has 3 rings (SSSR count). The molecule has 0 saturated carbocycles. The molecule has 3 atom stereocenters. The average molecular weight is 309 g/mol. The summed E-state index contributed by atoms with van der Waals surface area (Å²) >= 11 is 0. The molecule has 1 aromatic heterocycles. The van der Waals surface area contributed by atoms with Crippen molar-refractivity contribution < 1.29 is 0 Å². The second-order valence-electron chi connectivity index (χ2n) is 6.39. The van der Waals surface area contributed by atoms with Crippen molar-refractivity contribution >= 4 is 0 Å². The summed E-state index contributed by atoms with van der Waals surface area (Å²) < 4.78 is 0. The van der Waals surface area contributed by atoms with Gasteiger partial charge in [0.05, 0.1) is 29.7 Å². The van der Waals surface area contributed by atoms with Crippen LogP contribution in [0.2, 0.25) is 0 Å².